The fraction of sp³-hybridized carbons (Fsp3) is 0.500. The van der Waals surface area contributed by atoms with Gasteiger partial charge >= 0.3 is 0 Å². The molecule has 0 aromatic heterocycles. The van der Waals surface area contributed by atoms with Gasteiger partial charge in [-0.3, -0.25) is 0 Å². The number of aryl methyl sites for hydroxylation is 1. The molecule has 3 N–H and O–H groups in total. The maximum atomic E-state index is 9.39. The van der Waals surface area contributed by atoms with Gasteiger partial charge in [0.15, 0.2) is 0 Å². The summed E-state index contributed by atoms with van der Waals surface area (Å²) < 4.78 is 0. The van der Waals surface area contributed by atoms with Crippen molar-refractivity contribution in [3.63, 3.8) is 0 Å². The van der Waals surface area contributed by atoms with Gasteiger partial charge in [0.2, 0.25) is 0 Å². The van der Waals surface area contributed by atoms with Gasteiger partial charge in [0, 0.05) is 6.04 Å². The van der Waals surface area contributed by atoms with E-state index < -0.39 is 0 Å². The molecule has 2 nitrogen and oxygen atoms in total. The Morgan fingerprint density at radius 2 is 1.86 bits per heavy atom. The predicted octanol–water partition coefficient (Wildman–Crippen LogP) is 2.75. The Kier molecular flexibility index (Phi) is 2.86. The molecule has 0 amide bonds. The normalized spacial score (nSPS) is 14.1. The second-order valence-electron chi connectivity index (χ2n) is 4.89. The lowest BCUT2D eigenvalue weighted by Gasteiger charge is -2.27. The van der Waals surface area contributed by atoms with Gasteiger partial charge in [0.25, 0.3) is 0 Å². The Morgan fingerprint density at radius 3 is 2.29 bits per heavy atom. The number of nitrogens with two attached hydrogens (primary N) is 1. The van der Waals surface area contributed by atoms with Crippen LogP contribution < -0.4 is 5.73 Å². The van der Waals surface area contributed by atoms with Gasteiger partial charge in [-0.15, -0.1) is 0 Å². The minimum absolute atomic E-state index is 0.00167. The first-order valence-electron chi connectivity index (χ1n) is 4.87. The minimum Gasteiger partial charge on any atom is -0.508 e. The lowest BCUT2D eigenvalue weighted by atomic mass is 9.83. The molecule has 0 bridgehead atoms. The molecule has 0 heterocycles. The molecule has 1 rings (SSSR count). The highest BCUT2D eigenvalue weighted by Gasteiger charge is 2.22. The zero-order valence-corrected chi connectivity index (χ0v) is 9.33. The van der Waals surface area contributed by atoms with Crippen molar-refractivity contribution in [2.45, 2.75) is 33.7 Å². The summed E-state index contributed by atoms with van der Waals surface area (Å²) in [5.41, 5.74) is 8.11. The molecule has 0 radical (unpaired) electrons. The van der Waals surface area contributed by atoms with Gasteiger partial charge in [0.05, 0.1) is 0 Å². The zero-order chi connectivity index (χ0) is 10.9. The van der Waals surface area contributed by atoms with Gasteiger partial charge in [-0.1, -0.05) is 32.9 Å². The summed E-state index contributed by atoms with van der Waals surface area (Å²) in [6.07, 6.45) is 0. The molecule has 14 heavy (non-hydrogen) atoms. The van der Waals surface area contributed by atoms with Gasteiger partial charge < -0.3 is 10.8 Å². The Morgan fingerprint density at radius 1 is 1.29 bits per heavy atom. The number of aromatic hydroxyl groups is 1. The molecule has 0 fully saturated rings. The Balaban J connectivity index is 3.03. The summed E-state index contributed by atoms with van der Waals surface area (Å²) in [5, 5.41) is 9.39. The van der Waals surface area contributed by atoms with Crippen molar-refractivity contribution in [1.29, 1.82) is 0 Å². The van der Waals surface area contributed by atoms with Gasteiger partial charge in [-0.05, 0) is 29.5 Å². The van der Waals surface area contributed by atoms with Crippen LogP contribution in [0.1, 0.15) is 37.9 Å². The first-order valence-corrected chi connectivity index (χ1v) is 4.87. The molecule has 1 aromatic carbocycles. The van der Waals surface area contributed by atoms with Crippen LogP contribution in [0.4, 0.5) is 0 Å². The second-order valence-corrected chi connectivity index (χ2v) is 4.89. The molecule has 1 aromatic rings. The summed E-state index contributed by atoms with van der Waals surface area (Å²) in [4.78, 5) is 0. The lowest BCUT2D eigenvalue weighted by Crippen LogP contribution is -2.26. The molecule has 1 atom stereocenters. The minimum atomic E-state index is 0.00167. The molecule has 2 heteroatoms. The van der Waals surface area contributed by atoms with Crippen molar-refractivity contribution in [3.05, 3.63) is 29.3 Å². The molecule has 0 saturated heterocycles. The van der Waals surface area contributed by atoms with E-state index in [-0.39, 0.29) is 11.5 Å². The fourth-order valence-electron chi connectivity index (χ4n) is 1.37. The first-order chi connectivity index (χ1) is 6.32. The van der Waals surface area contributed by atoms with Crippen molar-refractivity contribution < 1.29 is 5.11 Å². The van der Waals surface area contributed by atoms with Crippen LogP contribution in [0.15, 0.2) is 18.2 Å². The molecule has 0 saturated carbocycles. The van der Waals surface area contributed by atoms with E-state index in [2.05, 4.69) is 20.8 Å². The number of benzene rings is 1. The number of phenolic OH excluding ortho intramolecular Hbond substituents is 1. The summed E-state index contributed by atoms with van der Waals surface area (Å²) in [6, 6.07) is 5.54. The summed E-state index contributed by atoms with van der Waals surface area (Å²) >= 11 is 0. The van der Waals surface area contributed by atoms with Crippen LogP contribution in [0.5, 0.6) is 5.75 Å². The Bertz CT molecular complexity index is 326. The van der Waals surface area contributed by atoms with E-state index in [0.29, 0.717) is 5.75 Å². The molecular weight excluding hydrogens is 174 g/mol. The van der Waals surface area contributed by atoms with Crippen molar-refractivity contribution in [2.75, 3.05) is 0 Å². The number of rotatable bonds is 1. The van der Waals surface area contributed by atoms with E-state index in [1.807, 2.05) is 19.1 Å². The highest BCUT2D eigenvalue weighted by Crippen LogP contribution is 2.32. The van der Waals surface area contributed by atoms with Crippen LogP contribution in [0.3, 0.4) is 0 Å². The Labute approximate surface area is 85.8 Å². The van der Waals surface area contributed by atoms with E-state index in [4.69, 9.17) is 5.73 Å². The average molecular weight is 193 g/mol. The smallest absolute Gasteiger partial charge is 0.118 e. The number of phenols is 1. The molecular formula is C12H19NO. The monoisotopic (exact) mass is 193 g/mol. The maximum absolute atomic E-state index is 9.39. The molecule has 0 aliphatic heterocycles. The zero-order valence-electron chi connectivity index (χ0n) is 9.33. The Hall–Kier alpha value is -1.02. The molecule has 0 spiro atoms. The van der Waals surface area contributed by atoms with Crippen molar-refractivity contribution >= 4 is 0 Å². The van der Waals surface area contributed by atoms with Crippen LogP contribution >= 0.6 is 0 Å². The van der Waals surface area contributed by atoms with E-state index in [1.165, 1.54) is 0 Å². The molecule has 1 unspecified atom stereocenters. The second kappa shape index (κ2) is 3.62. The van der Waals surface area contributed by atoms with E-state index in [1.54, 1.807) is 6.07 Å². The van der Waals surface area contributed by atoms with Gasteiger partial charge in [-0.2, -0.15) is 0 Å². The predicted molar refractivity (Wildman–Crippen MR) is 59.2 cm³/mol. The lowest BCUT2D eigenvalue weighted by molar-refractivity contribution is 0.326. The van der Waals surface area contributed by atoms with E-state index >= 15 is 0 Å². The van der Waals surface area contributed by atoms with Crippen LogP contribution in [0.25, 0.3) is 0 Å². The summed E-state index contributed by atoms with van der Waals surface area (Å²) in [6.45, 7) is 8.22. The van der Waals surface area contributed by atoms with Crippen LogP contribution in [0, 0.1) is 12.3 Å². The van der Waals surface area contributed by atoms with Crippen LogP contribution in [0.2, 0.25) is 0 Å². The third-order valence-corrected chi connectivity index (χ3v) is 2.51. The highest BCUT2D eigenvalue weighted by molar-refractivity contribution is 5.36. The van der Waals surface area contributed by atoms with E-state index in [9.17, 15) is 5.11 Å². The third kappa shape index (κ3) is 2.26. The van der Waals surface area contributed by atoms with Crippen LogP contribution in [-0.2, 0) is 0 Å². The van der Waals surface area contributed by atoms with Gasteiger partial charge in [-0.25, -0.2) is 0 Å². The first kappa shape index (κ1) is 11.1. The molecule has 0 aliphatic rings. The topological polar surface area (TPSA) is 46.2 Å². The van der Waals surface area contributed by atoms with Gasteiger partial charge in [0.1, 0.15) is 5.75 Å². The maximum Gasteiger partial charge on any atom is 0.118 e. The van der Waals surface area contributed by atoms with E-state index in [0.717, 1.165) is 11.1 Å². The standard InChI is InChI=1S/C12H19NO/c1-8-7-9(5-6-10(8)14)11(13)12(2,3)4/h5-7,11,14H,13H2,1-4H3. The highest BCUT2D eigenvalue weighted by atomic mass is 16.3. The third-order valence-electron chi connectivity index (χ3n) is 2.51. The van der Waals surface area contributed by atoms with Crippen molar-refractivity contribution in [2.24, 2.45) is 11.1 Å². The summed E-state index contributed by atoms with van der Waals surface area (Å²) in [7, 11) is 0. The fourth-order valence-corrected chi connectivity index (χ4v) is 1.37. The summed E-state index contributed by atoms with van der Waals surface area (Å²) in [5.74, 6) is 0.329. The molecule has 78 valence electrons. The van der Waals surface area contributed by atoms with Crippen LogP contribution in [-0.4, -0.2) is 5.11 Å². The largest absolute Gasteiger partial charge is 0.508 e. The number of hydrogen-bond acceptors (Lipinski definition) is 2. The quantitative estimate of drug-likeness (QED) is 0.720. The SMILES string of the molecule is Cc1cc(C(N)C(C)(C)C)ccc1O. The van der Waals surface area contributed by atoms with Crippen molar-refractivity contribution in [1.82, 2.24) is 0 Å². The number of hydrogen-bond donors (Lipinski definition) is 2. The molecule has 0 aliphatic carbocycles. The van der Waals surface area contributed by atoms with Crippen molar-refractivity contribution in [3.8, 4) is 5.75 Å². The average Bonchev–Trinajstić information content (AvgIpc) is 2.07.